The molecule has 0 saturated carbocycles. The zero-order valence-corrected chi connectivity index (χ0v) is 32.0. The molecule has 0 atom stereocenters. The van der Waals surface area contributed by atoms with Gasteiger partial charge in [0, 0.05) is 53.3 Å². The molecule has 0 aliphatic rings. The average Bonchev–Trinajstić information content (AvgIpc) is 3.83. The molecule has 0 fully saturated rings. The van der Waals surface area contributed by atoms with Gasteiger partial charge in [0.1, 0.15) is 0 Å². The fourth-order valence-electron chi connectivity index (χ4n) is 8.60. The van der Waals surface area contributed by atoms with Crippen molar-refractivity contribution in [1.82, 2.24) is 19.5 Å². The number of fused-ring (bicyclic) bond motifs is 8. The molecule has 3 heterocycles. The topological polar surface area (TPSA) is 43.6 Å². The second kappa shape index (κ2) is 13.1. The Labute approximate surface area is 338 Å². The molecular weight excluding hydrogens is 725 g/mol. The van der Waals surface area contributed by atoms with Crippen molar-refractivity contribution in [3.63, 3.8) is 0 Å². The lowest BCUT2D eigenvalue weighted by molar-refractivity contribution is 1.07. The van der Waals surface area contributed by atoms with E-state index in [1.165, 1.54) is 47.3 Å². The number of hydrogen-bond acceptors (Lipinski definition) is 4. The molecule has 0 N–H and O–H groups in total. The first-order valence-corrected chi connectivity index (χ1v) is 20.3. The summed E-state index contributed by atoms with van der Waals surface area (Å²) in [6, 6.07) is 69.3. The second-order valence-corrected chi connectivity index (χ2v) is 15.9. The molecule has 3 aromatic heterocycles. The van der Waals surface area contributed by atoms with Crippen molar-refractivity contribution in [3.8, 4) is 51.0 Å². The summed E-state index contributed by atoms with van der Waals surface area (Å²) in [5.41, 5.74) is 8.52. The zero-order valence-electron chi connectivity index (χ0n) is 31.2. The van der Waals surface area contributed by atoms with E-state index >= 15 is 0 Å². The molecule has 12 aromatic rings. The van der Waals surface area contributed by atoms with Crippen LogP contribution in [0.5, 0.6) is 0 Å². The highest BCUT2D eigenvalue weighted by molar-refractivity contribution is 7.25. The number of thiophene rings is 1. The van der Waals surface area contributed by atoms with Crippen molar-refractivity contribution in [2.75, 3.05) is 0 Å². The fraction of sp³-hybridized carbons (Fsp3) is 0. The predicted octanol–water partition coefficient (Wildman–Crippen LogP) is 14.3. The third kappa shape index (κ3) is 5.32. The van der Waals surface area contributed by atoms with Gasteiger partial charge < -0.3 is 4.57 Å². The van der Waals surface area contributed by atoms with Gasteiger partial charge in [-0.3, -0.25) is 0 Å². The Hall–Kier alpha value is -7.47. The van der Waals surface area contributed by atoms with E-state index in [0.29, 0.717) is 17.5 Å². The molecule has 0 saturated heterocycles. The fourth-order valence-corrected chi connectivity index (χ4v) is 9.69. The van der Waals surface area contributed by atoms with Crippen molar-refractivity contribution in [2.24, 2.45) is 0 Å². The van der Waals surface area contributed by atoms with E-state index in [-0.39, 0.29) is 0 Å². The van der Waals surface area contributed by atoms with Crippen molar-refractivity contribution >= 4 is 74.9 Å². The molecule has 0 radical (unpaired) electrons. The summed E-state index contributed by atoms with van der Waals surface area (Å²) in [6.07, 6.45) is 0. The second-order valence-electron chi connectivity index (χ2n) is 14.8. The highest BCUT2D eigenvalue weighted by Gasteiger charge is 2.19. The Morgan fingerprint density at radius 1 is 0.328 bits per heavy atom. The normalized spacial score (nSPS) is 11.8. The van der Waals surface area contributed by atoms with Crippen LogP contribution < -0.4 is 0 Å². The van der Waals surface area contributed by atoms with Crippen LogP contribution in [-0.2, 0) is 0 Å². The Kier molecular flexibility index (Phi) is 7.37. The Bertz CT molecular complexity index is 3560. The molecule has 0 spiro atoms. The van der Waals surface area contributed by atoms with Crippen LogP contribution in [0.3, 0.4) is 0 Å². The highest BCUT2D eigenvalue weighted by Crippen LogP contribution is 2.40. The van der Waals surface area contributed by atoms with Gasteiger partial charge in [-0.25, -0.2) is 15.0 Å². The summed E-state index contributed by atoms with van der Waals surface area (Å²) < 4.78 is 4.91. The van der Waals surface area contributed by atoms with Gasteiger partial charge in [0.25, 0.3) is 0 Å². The third-order valence-corrected chi connectivity index (χ3v) is 12.6. The van der Waals surface area contributed by atoms with Crippen LogP contribution in [0.25, 0.3) is 115 Å². The number of hydrogen-bond donors (Lipinski definition) is 0. The molecule has 0 aliphatic heterocycles. The highest BCUT2D eigenvalue weighted by atomic mass is 32.1. The van der Waals surface area contributed by atoms with E-state index in [0.717, 1.165) is 49.7 Å². The van der Waals surface area contributed by atoms with Crippen LogP contribution in [0, 0.1) is 0 Å². The summed E-state index contributed by atoms with van der Waals surface area (Å²) in [6.45, 7) is 0. The van der Waals surface area contributed by atoms with E-state index < -0.39 is 0 Å². The van der Waals surface area contributed by atoms with Gasteiger partial charge in [0.05, 0.1) is 11.0 Å². The first-order valence-electron chi connectivity index (χ1n) is 19.5. The summed E-state index contributed by atoms with van der Waals surface area (Å²) in [5, 5.41) is 9.53. The maximum Gasteiger partial charge on any atom is 0.164 e. The van der Waals surface area contributed by atoms with E-state index in [1.54, 1.807) is 0 Å². The van der Waals surface area contributed by atoms with Crippen LogP contribution in [-0.4, -0.2) is 19.5 Å². The van der Waals surface area contributed by atoms with Crippen molar-refractivity contribution in [2.45, 2.75) is 0 Å². The van der Waals surface area contributed by atoms with Crippen LogP contribution in [0.4, 0.5) is 0 Å². The smallest absolute Gasteiger partial charge is 0.164 e. The van der Waals surface area contributed by atoms with Gasteiger partial charge in [0.2, 0.25) is 0 Å². The largest absolute Gasteiger partial charge is 0.309 e. The first kappa shape index (κ1) is 32.7. The first-order chi connectivity index (χ1) is 28.7. The molecule has 0 amide bonds. The molecule has 0 aliphatic carbocycles. The molecule has 270 valence electrons. The molecule has 4 nitrogen and oxygen atoms in total. The van der Waals surface area contributed by atoms with Crippen molar-refractivity contribution in [3.05, 3.63) is 194 Å². The van der Waals surface area contributed by atoms with Crippen molar-refractivity contribution < 1.29 is 0 Å². The van der Waals surface area contributed by atoms with Crippen LogP contribution in [0.1, 0.15) is 0 Å². The molecule has 9 aromatic carbocycles. The van der Waals surface area contributed by atoms with Crippen LogP contribution in [0.2, 0.25) is 0 Å². The average molecular weight is 757 g/mol. The maximum absolute atomic E-state index is 5.35. The summed E-state index contributed by atoms with van der Waals surface area (Å²) in [5.74, 6) is 1.90. The monoisotopic (exact) mass is 756 g/mol. The lowest BCUT2D eigenvalue weighted by atomic mass is 10.0. The minimum absolute atomic E-state index is 0.631. The maximum atomic E-state index is 5.35. The Morgan fingerprint density at radius 2 is 0.914 bits per heavy atom. The van der Waals surface area contributed by atoms with Gasteiger partial charge in [-0.15, -0.1) is 11.3 Å². The standard InChI is InChI=1S/C53H32N4S/c1-2-12-33(13-3-1)34-22-24-35(25-23-34)51-54-52(39-26-27-50-45(30-39)43-19-9-11-21-49(43)58-50)56-53(55-51)46-32-40(28-38-16-6-7-17-41(38)46)57-47-20-10-8-18-42(47)44-29-36-14-4-5-15-37(36)31-48(44)57/h1-32H. The van der Waals surface area contributed by atoms with Gasteiger partial charge in [-0.1, -0.05) is 140 Å². The van der Waals surface area contributed by atoms with E-state index in [1.807, 2.05) is 17.4 Å². The molecule has 0 unspecified atom stereocenters. The van der Waals surface area contributed by atoms with Crippen LogP contribution >= 0.6 is 11.3 Å². The minimum Gasteiger partial charge on any atom is -0.309 e. The van der Waals surface area contributed by atoms with Gasteiger partial charge in [-0.2, -0.15) is 0 Å². The quantitative estimate of drug-likeness (QED) is 0.176. The van der Waals surface area contributed by atoms with Crippen LogP contribution in [0.15, 0.2) is 194 Å². The number of aromatic nitrogens is 4. The summed E-state index contributed by atoms with van der Waals surface area (Å²) in [7, 11) is 0. The summed E-state index contributed by atoms with van der Waals surface area (Å²) >= 11 is 1.81. The molecular formula is C53H32N4S. The van der Waals surface area contributed by atoms with Gasteiger partial charge >= 0.3 is 0 Å². The molecule has 12 rings (SSSR count). The zero-order chi connectivity index (χ0) is 38.2. The Balaban J connectivity index is 1.10. The number of para-hydroxylation sites is 1. The number of nitrogens with zero attached hydrogens (tertiary/aromatic N) is 4. The molecule has 5 heteroatoms. The van der Waals surface area contributed by atoms with Crippen molar-refractivity contribution in [1.29, 1.82) is 0 Å². The van der Waals surface area contributed by atoms with Gasteiger partial charge in [0.15, 0.2) is 17.5 Å². The lowest BCUT2D eigenvalue weighted by Crippen LogP contribution is -2.02. The van der Waals surface area contributed by atoms with Gasteiger partial charge in [-0.05, 0) is 87.3 Å². The summed E-state index contributed by atoms with van der Waals surface area (Å²) in [4.78, 5) is 15.9. The predicted molar refractivity (Wildman–Crippen MR) is 244 cm³/mol. The molecule has 58 heavy (non-hydrogen) atoms. The van der Waals surface area contributed by atoms with E-state index in [4.69, 9.17) is 15.0 Å². The Morgan fingerprint density at radius 3 is 1.74 bits per heavy atom. The lowest BCUT2D eigenvalue weighted by Gasteiger charge is -2.15. The molecule has 0 bridgehead atoms. The SMILES string of the molecule is c1ccc(-c2ccc(-c3nc(-c4ccc5sc6ccccc6c5c4)nc(-c4cc(-n5c6ccccc6c6cc7ccccc7cc65)cc5ccccc45)n3)cc2)cc1. The van der Waals surface area contributed by atoms with E-state index in [2.05, 4.69) is 193 Å². The number of benzene rings is 9. The van der Waals surface area contributed by atoms with E-state index in [9.17, 15) is 0 Å². The minimum atomic E-state index is 0.631. The third-order valence-electron chi connectivity index (χ3n) is 11.4. The number of rotatable bonds is 5.